The molecule has 4 aromatic heterocycles. The second kappa shape index (κ2) is 10.5. The lowest BCUT2D eigenvalue weighted by atomic mass is 9.87. The summed E-state index contributed by atoms with van der Waals surface area (Å²) in [5.41, 5.74) is 4.83. The van der Waals surface area contributed by atoms with Crippen LogP contribution in [0.3, 0.4) is 0 Å². The molecule has 3 fully saturated rings. The number of amides is 1. The molecule has 11 nitrogen and oxygen atoms in total. The van der Waals surface area contributed by atoms with Crippen LogP contribution in [0.2, 0.25) is 0 Å². The highest BCUT2D eigenvalue weighted by molar-refractivity contribution is 5.87. The van der Waals surface area contributed by atoms with E-state index in [2.05, 4.69) is 37.3 Å². The molecule has 0 radical (unpaired) electrons. The number of carbonyl (C=O) groups is 1. The molecule has 2 bridgehead atoms. The van der Waals surface area contributed by atoms with Gasteiger partial charge < -0.3 is 19.9 Å². The highest BCUT2D eigenvalue weighted by Gasteiger charge is 2.44. The van der Waals surface area contributed by atoms with Crippen LogP contribution in [0.15, 0.2) is 55.1 Å². The van der Waals surface area contributed by atoms with Gasteiger partial charge in [-0.1, -0.05) is 6.07 Å². The SMILES string of the molecule is COc1ccc(CN2C3CC2CN(c2ccc(-c4cc(NCC(=O)N(C)C)cn5ncc(C#N)c45)cn2)C3)cn1. The Morgan fingerprint density at radius 3 is 2.62 bits per heavy atom. The molecule has 40 heavy (non-hydrogen) atoms. The number of methoxy groups -OCH3 is 1. The fraction of sp³-hybridized carbons (Fsp3) is 0.345. The molecule has 0 spiro atoms. The van der Waals surface area contributed by atoms with E-state index in [0.717, 1.165) is 42.3 Å². The molecule has 2 unspecified atom stereocenters. The first kappa shape index (κ1) is 25.6. The van der Waals surface area contributed by atoms with E-state index in [1.807, 2.05) is 36.7 Å². The molecule has 2 atom stereocenters. The van der Waals surface area contributed by atoms with Crippen molar-refractivity contribution in [1.82, 2.24) is 29.4 Å². The van der Waals surface area contributed by atoms with E-state index < -0.39 is 0 Å². The summed E-state index contributed by atoms with van der Waals surface area (Å²) in [5.74, 6) is 1.54. The first-order valence-corrected chi connectivity index (χ1v) is 13.2. The molecule has 3 aliphatic heterocycles. The fourth-order valence-electron chi connectivity index (χ4n) is 5.56. The summed E-state index contributed by atoms with van der Waals surface area (Å²) >= 11 is 0. The molecule has 7 rings (SSSR count). The molecule has 1 amide bonds. The number of piperidine rings is 1. The molecule has 11 heteroatoms. The Kier molecular flexibility index (Phi) is 6.69. The van der Waals surface area contributed by atoms with Crippen molar-refractivity contribution in [3.05, 3.63) is 66.2 Å². The minimum atomic E-state index is -0.0374. The van der Waals surface area contributed by atoms with Gasteiger partial charge in [0.2, 0.25) is 11.8 Å². The molecule has 0 aliphatic carbocycles. The van der Waals surface area contributed by atoms with Gasteiger partial charge in [-0.2, -0.15) is 10.4 Å². The van der Waals surface area contributed by atoms with Crippen LogP contribution in [0.4, 0.5) is 11.5 Å². The highest BCUT2D eigenvalue weighted by atomic mass is 16.5. The Balaban J connectivity index is 1.18. The van der Waals surface area contributed by atoms with Gasteiger partial charge in [0, 0.05) is 75.4 Å². The average Bonchev–Trinajstić information content (AvgIpc) is 3.41. The Bertz CT molecular complexity index is 1560. The van der Waals surface area contributed by atoms with Gasteiger partial charge in [0.05, 0.1) is 42.8 Å². The first-order chi connectivity index (χ1) is 19.4. The number of aromatic nitrogens is 4. The number of ether oxygens (including phenoxy) is 1. The molecule has 3 saturated heterocycles. The smallest absolute Gasteiger partial charge is 0.241 e. The Morgan fingerprint density at radius 1 is 1.15 bits per heavy atom. The number of rotatable bonds is 8. The normalized spacial score (nSPS) is 18.2. The molecular weight excluding hydrogens is 506 g/mol. The number of pyridine rings is 3. The van der Waals surface area contributed by atoms with Gasteiger partial charge in [-0.15, -0.1) is 0 Å². The predicted octanol–water partition coefficient (Wildman–Crippen LogP) is 2.63. The summed E-state index contributed by atoms with van der Waals surface area (Å²) in [6, 6.07) is 13.2. The molecule has 204 valence electrons. The van der Waals surface area contributed by atoms with Crippen LogP contribution in [0.1, 0.15) is 17.5 Å². The van der Waals surface area contributed by atoms with Crippen LogP contribution in [0, 0.1) is 11.3 Å². The number of anilines is 2. The molecular formula is C29H31N9O2. The average molecular weight is 538 g/mol. The lowest BCUT2D eigenvalue weighted by molar-refractivity contribution is -0.126. The maximum absolute atomic E-state index is 12.1. The summed E-state index contributed by atoms with van der Waals surface area (Å²) in [6.45, 7) is 2.90. The minimum Gasteiger partial charge on any atom is -0.481 e. The van der Waals surface area contributed by atoms with Crippen molar-refractivity contribution in [1.29, 1.82) is 5.26 Å². The van der Waals surface area contributed by atoms with E-state index in [1.54, 1.807) is 38.1 Å². The monoisotopic (exact) mass is 537 g/mol. The lowest BCUT2D eigenvalue weighted by Gasteiger charge is -2.56. The van der Waals surface area contributed by atoms with Crippen molar-refractivity contribution < 1.29 is 9.53 Å². The van der Waals surface area contributed by atoms with E-state index in [1.165, 1.54) is 16.9 Å². The number of nitrogens with one attached hydrogen (secondary N) is 1. The minimum absolute atomic E-state index is 0.0374. The number of likely N-dealkylation sites (N-methyl/N-ethyl adjacent to an activating group) is 1. The van der Waals surface area contributed by atoms with Crippen molar-refractivity contribution in [2.45, 2.75) is 25.0 Å². The van der Waals surface area contributed by atoms with Crippen molar-refractivity contribution in [2.75, 3.05) is 51.1 Å². The Morgan fingerprint density at radius 2 is 1.98 bits per heavy atom. The van der Waals surface area contributed by atoms with Crippen LogP contribution in [0.5, 0.6) is 5.88 Å². The Hall–Kier alpha value is -4.69. The largest absolute Gasteiger partial charge is 0.481 e. The van der Waals surface area contributed by atoms with E-state index in [4.69, 9.17) is 9.72 Å². The molecule has 7 heterocycles. The van der Waals surface area contributed by atoms with Gasteiger partial charge in [0.25, 0.3) is 0 Å². The van der Waals surface area contributed by atoms with Crippen LogP contribution in [0.25, 0.3) is 16.6 Å². The van der Waals surface area contributed by atoms with Gasteiger partial charge in [0.1, 0.15) is 11.9 Å². The van der Waals surface area contributed by atoms with Gasteiger partial charge >= 0.3 is 0 Å². The second-order valence-corrected chi connectivity index (χ2v) is 10.5. The second-order valence-electron chi connectivity index (χ2n) is 10.5. The number of fused-ring (bicyclic) bond motifs is 3. The van der Waals surface area contributed by atoms with Crippen LogP contribution < -0.4 is 15.0 Å². The summed E-state index contributed by atoms with van der Waals surface area (Å²) in [7, 11) is 5.07. The third kappa shape index (κ3) is 4.78. The van der Waals surface area contributed by atoms with Crippen molar-refractivity contribution in [3.63, 3.8) is 0 Å². The maximum Gasteiger partial charge on any atom is 0.241 e. The lowest BCUT2D eigenvalue weighted by Crippen LogP contribution is -2.68. The third-order valence-corrected chi connectivity index (χ3v) is 7.77. The molecule has 0 saturated carbocycles. The number of piperazine rings is 1. The number of hydrogen-bond acceptors (Lipinski definition) is 9. The van der Waals surface area contributed by atoms with Crippen molar-refractivity contribution in [3.8, 4) is 23.1 Å². The fourth-order valence-corrected chi connectivity index (χ4v) is 5.56. The number of nitrogens with zero attached hydrogens (tertiary/aromatic N) is 8. The van der Waals surface area contributed by atoms with Gasteiger partial charge in [0.15, 0.2) is 0 Å². The number of nitriles is 1. The van der Waals surface area contributed by atoms with E-state index >= 15 is 0 Å². The zero-order valence-corrected chi connectivity index (χ0v) is 22.8. The van der Waals surface area contributed by atoms with E-state index in [9.17, 15) is 10.1 Å². The third-order valence-electron chi connectivity index (χ3n) is 7.77. The zero-order chi connectivity index (χ0) is 27.8. The number of carbonyl (C=O) groups excluding carboxylic acids is 1. The zero-order valence-electron chi connectivity index (χ0n) is 22.8. The van der Waals surface area contributed by atoms with Crippen molar-refractivity contribution in [2.24, 2.45) is 0 Å². The quantitative estimate of drug-likeness (QED) is 0.362. The standard InChI is InChI=1S/C29H31N9O2/c1-35(2)28(39)14-31-22-8-25(29-21(10-30)13-34-38(29)16-22)20-5-6-26(32-12-20)36-17-23-9-24(18-36)37(23)15-19-4-7-27(40-3)33-11-19/h4-8,11-13,16,23-24,31H,9,14-15,17-18H2,1-3H3. The molecule has 1 N–H and O–H groups in total. The highest BCUT2D eigenvalue weighted by Crippen LogP contribution is 2.36. The first-order valence-electron chi connectivity index (χ1n) is 13.2. The maximum atomic E-state index is 12.1. The van der Waals surface area contributed by atoms with Gasteiger partial charge in [-0.3, -0.25) is 9.69 Å². The van der Waals surface area contributed by atoms with Crippen LogP contribution in [-0.4, -0.2) is 88.2 Å². The van der Waals surface area contributed by atoms with E-state index in [0.29, 0.717) is 29.0 Å². The summed E-state index contributed by atoms with van der Waals surface area (Å²) in [5, 5.41) is 17.2. The molecule has 4 aromatic rings. The topological polar surface area (TPSA) is 115 Å². The summed E-state index contributed by atoms with van der Waals surface area (Å²) in [6.07, 6.45) is 8.30. The predicted molar refractivity (Wildman–Crippen MR) is 151 cm³/mol. The van der Waals surface area contributed by atoms with E-state index in [-0.39, 0.29) is 12.5 Å². The van der Waals surface area contributed by atoms with Crippen LogP contribution in [-0.2, 0) is 11.3 Å². The van der Waals surface area contributed by atoms with Gasteiger partial charge in [-0.05, 0) is 30.2 Å². The van der Waals surface area contributed by atoms with Gasteiger partial charge in [-0.25, -0.2) is 14.5 Å². The summed E-state index contributed by atoms with van der Waals surface area (Å²) < 4.78 is 6.85. The number of hydrogen-bond donors (Lipinski definition) is 1. The van der Waals surface area contributed by atoms with Crippen molar-refractivity contribution >= 4 is 22.9 Å². The Labute approximate surface area is 232 Å². The molecule has 3 aliphatic rings. The van der Waals surface area contributed by atoms with Crippen LogP contribution >= 0.6 is 0 Å². The molecule has 0 aromatic carbocycles. The summed E-state index contributed by atoms with van der Waals surface area (Å²) in [4.78, 5) is 27.7.